The highest BCUT2D eigenvalue weighted by Gasteiger charge is 2.03. The van der Waals surface area contributed by atoms with Crippen molar-refractivity contribution in [3.8, 4) is 5.75 Å². The van der Waals surface area contributed by atoms with Crippen LogP contribution < -0.4 is 10.5 Å². The van der Waals surface area contributed by atoms with Gasteiger partial charge < -0.3 is 10.5 Å². The molecule has 0 unspecified atom stereocenters. The molecule has 2 rings (SSSR count). The fourth-order valence-corrected chi connectivity index (χ4v) is 1.81. The van der Waals surface area contributed by atoms with Crippen molar-refractivity contribution >= 4 is 10.8 Å². The molecule has 0 fully saturated rings. The summed E-state index contributed by atoms with van der Waals surface area (Å²) in [7, 11) is 1.70. The van der Waals surface area contributed by atoms with Gasteiger partial charge in [-0.2, -0.15) is 0 Å². The van der Waals surface area contributed by atoms with Crippen molar-refractivity contribution in [3.63, 3.8) is 0 Å². The fourth-order valence-electron chi connectivity index (χ4n) is 1.81. The van der Waals surface area contributed by atoms with Crippen LogP contribution in [0.5, 0.6) is 5.75 Å². The van der Waals surface area contributed by atoms with E-state index in [4.69, 9.17) is 10.5 Å². The Morgan fingerprint density at radius 1 is 1.13 bits per heavy atom. The molecule has 0 spiro atoms. The van der Waals surface area contributed by atoms with E-state index >= 15 is 0 Å². The first-order valence-corrected chi connectivity index (χ1v) is 5.11. The number of benzene rings is 2. The normalized spacial score (nSPS) is 10.5. The van der Waals surface area contributed by atoms with Gasteiger partial charge in [-0.05, 0) is 41.4 Å². The summed E-state index contributed by atoms with van der Waals surface area (Å²) in [6.07, 6.45) is 0.855. The quantitative estimate of drug-likeness (QED) is 0.827. The molecule has 0 saturated carbocycles. The van der Waals surface area contributed by atoms with Crippen LogP contribution in [0, 0.1) is 0 Å². The summed E-state index contributed by atoms with van der Waals surface area (Å²) in [6.45, 7) is 0.648. The van der Waals surface area contributed by atoms with Gasteiger partial charge in [0.15, 0.2) is 0 Å². The maximum atomic E-state index is 5.57. The maximum absolute atomic E-state index is 5.57. The highest BCUT2D eigenvalue weighted by Crippen LogP contribution is 2.25. The van der Waals surface area contributed by atoms with Crippen LogP contribution in [0.25, 0.3) is 10.8 Å². The molecule has 78 valence electrons. The van der Waals surface area contributed by atoms with Crippen molar-refractivity contribution in [1.82, 2.24) is 0 Å². The lowest BCUT2D eigenvalue weighted by atomic mass is 10.0. The minimum Gasteiger partial charge on any atom is -0.496 e. The maximum Gasteiger partial charge on any atom is 0.122 e. The van der Waals surface area contributed by atoms with Crippen LogP contribution in [0.15, 0.2) is 36.4 Å². The topological polar surface area (TPSA) is 35.2 Å². The Hall–Kier alpha value is -1.54. The van der Waals surface area contributed by atoms with Gasteiger partial charge in [-0.25, -0.2) is 0 Å². The summed E-state index contributed by atoms with van der Waals surface area (Å²) in [5, 5.41) is 2.44. The van der Waals surface area contributed by atoms with Gasteiger partial charge in [0, 0.05) is 0 Å². The Bertz CT molecular complexity index is 465. The predicted molar refractivity (Wildman–Crippen MR) is 63.3 cm³/mol. The summed E-state index contributed by atoms with van der Waals surface area (Å²) in [6, 6.07) is 12.5. The molecule has 0 aliphatic carbocycles. The predicted octanol–water partition coefficient (Wildman–Crippen LogP) is 2.35. The SMILES string of the molecule is COc1cc2ccccc2cc1CCN. The molecule has 2 heteroatoms. The molecule has 2 aromatic rings. The molecule has 2 N–H and O–H groups in total. The van der Waals surface area contributed by atoms with Gasteiger partial charge in [-0.1, -0.05) is 24.3 Å². The zero-order valence-electron chi connectivity index (χ0n) is 8.86. The van der Waals surface area contributed by atoms with Crippen molar-refractivity contribution in [1.29, 1.82) is 0 Å². The lowest BCUT2D eigenvalue weighted by Crippen LogP contribution is -2.04. The first-order chi connectivity index (χ1) is 7.35. The Labute approximate surface area is 89.7 Å². The summed E-state index contributed by atoms with van der Waals surface area (Å²) >= 11 is 0. The Morgan fingerprint density at radius 3 is 2.40 bits per heavy atom. The molecule has 0 bridgehead atoms. The second-order valence-electron chi connectivity index (χ2n) is 3.55. The lowest BCUT2D eigenvalue weighted by molar-refractivity contribution is 0.410. The van der Waals surface area contributed by atoms with Crippen molar-refractivity contribution in [2.45, 2.75) is 6.42 Å². The highest BCUT2D eigenvalue weighted by molar-refractivity contribution is 5.85. The molecule has 0 aliphatic heterocycles. The van der Waals surface area contributed by atoms with Gasteiger partial charge in [0.25, 0.3) is 0 Å². The molecule has 0 amide bonds. The van der Waals surface area contributed by atoms with Crippen LogP contribution in [0.2, 0.25) is 0 Å². The molecule has 15 heavy (non-hydrogen) atoms. The Morgan fingerprint density at radius 2 is 1.80 bits per heavy atom. The molecule has 2 nitrogen and oxygen atoms in total. The Balaban J connectivity index is 2.58. The summed E-state index contributed by atoms with van der Waals surface area (Å²) < 4.78 is 5.35. The van der Waals surface area contributed by atoms with Crippen LogP contribution in [-0.4, -0.2) is 13.7 Å². The molecule has 0 heterocycles. The monoisotopic (exact) mass is 201 g/mol. The summed E-state index contributed by atoms with van der Waals surface area (Å²) in [5.74, 6) is 0.930. The van der Waals surface area contributed by atoms with E-state index in [1.54, 1.807) is 7.11 Å². The minimum atomic E-state index is 0.648. The van der Waals surface area contributed by atoms with E-state index in [0.29, 0.717) is 6.54 Å². The fraction of sp³-hybridized carbons (Fsp3) is 0.231. The van der Waals surface area contributed by atoms with Crippen LogP contribution in [0.1, 0.15) is 5.56 Å². The number of hydrogen-bond donors (Lipinski definition) is 1. The average Bonchev–Trinajstić information content (AvgIpc) is 2.28. The molecule has 0 aromatic heterocycles. The van der Waals surface area contributed by atoms with Crippen molar-refractivity contribution in [3.05, 3.63) is 42.0 Å². The van der Waals surface area contributed by atoms with Gasteiger partial charge in [-0.15, -0.1) is 0 Å². The van der Waals surface area contributed by atoms with E-state index < -0.39 is 0 Å². The van der Waals surface area contributed by atoms with Crippen molar-refractivity contribution < 1.29 is 4.74 Å². The summed E-state index contributed by atoms with van der Waals surface area (Å²) in [4.78, 5) is 0. The number of ether oxygens (including phenoxy) is 1. The van der Waals surface area contributed by atoms with E-state index in [-0.39, 0.29) is 0 Å². The van der Waals surface area contributed by atoms with Crippen LogP contribution in [0.3, 0.4) is 0 Å². The van der Waals surface area contributed by atoms with Crippen LogP contribution >= 0.6 is 0 Å². The van der Waals surface area contributed by atoms with E-state index in [1.165, 1.54) is 16.3 Å². The van der Waals surface area contributed by atoms with Crippen molar-refractivity contribution in [2.24, 2.45) is 5.73 Å². The third kappa shape index (κ3) is 1.95. The number of rotatable bonds is 3. The minimum absolute atomic E-state index is 0.648. The second kappa shape index (κ2) is 4.32. The van der Waals surface area contributed by atoms with Gasteiger partial charge >= 0.3 is 0 Å². The molecular formula is C13H15NO. The molecule has 0 aliphatic rings. The largest absolute Gasteiger partial charge is 0.496 e. The smallest absolute Gasteiger partial charge is 0.122 e. The molecule has 2 aromatic carbocycles. The number of fused-ring (bicyclic) bond motifs is 1. The van der Waals surface area contributed by atoms with Crippen LogP contribution in [0.4, 0.5) is 0 Å². The Kier molecular flexibility index (Phi) is 2.88. The van der Waals surface area contributed by atoms with E-state index in [9.17, 15) is 0 Å². The number of methoxy groups -OCH3 is 1. The number of hydrogen-bond acceptors (Lipinski definition) is 2. The first-order valence-electron chi connectivity index (χ1n) is 5.11. The van der Waals surface area contributed by atoms with E-state index in [2.05, 4.69) is 24.3 Å². The van der Waals surface area contributed by atoms with Gasteiger partial charge in [-0.3, -0.25) is 0 Å². The highest BCUT2D eigenvalue weighted by atomic mass is 16.5. The van der Waals surface area contributed by atoms with E-state index in [1.807, 2.05) is 12.1 Å². The first kappa shape index (κ1) is 9.99. The lowest BCUT2D eigenvalue weighted by Gasteiger charge is -2.09. The zero-order valence-corrected chi connectivity index (χ0v) is 8.86. The van der Waals surface area contributed by atoms with Gasteiger partial charge in [0.05, 0.1) is 7.11 Å². The van der Waals surface area contributed by atoms with Crippen molar-refractivity contribution in [2.75, 3.05) is 13.7 Å². The zero-order chi connectivity index (χ0) is 10.7. The molecular weight excluding hydrogens is 186 g/mol. The third-order valence-corrected chi connectivity index (χ3v) is 2.56. The van der Waals surface area contributed by atoms with Gasteiger partial charge in [0.1, 0.15) is 5.75 Å². The van der Waals surface area contributed by atoms with Gasteiger partial charge in [0.2, 0.25) is 0 Å². The molecule has 0 atom stereocenters. The van der Waals surface area contributed by atoms with Crippen LogP contribution in [-0.2, 0) is 6.42 Å². The second-order valence-corrected chi connectivity index (χ2v) is 3.55. The standard InChI is InChI=1S/C13H15NO/c1-15-13-9-11-5-3-2-4-10(11)8-12(13)6-7-14/h2-5,8-9H,6-7,14H2,1H3. The third-order valence-electron chi connectivity index (χ3n) is 2.56. The summed E-state index contributed by atoms with van der Waals surface area (Å²) in [5.41, 5.74) is 6.75. The average molecular weight is 201 g/mol. The number of nitrogens with two attached hydrogens (primary N) is 1. The molecule has 0 radical (unpaired) electrons. The molecule has 0 saturated heterocycles. The van der Waals surface area contributed by atoms with E-state index in [0.717, 1.165) is 12.2 Å².